The molecule has 1 fully saturated rings. The summed E-state index contributed by atoms with van der Waals surface area (Å²) >= 11 is 0. The number of sulfonamides is 1. The van der Waals surface area contributed by atoms with Crippen molar-refractivity contribution in [3.63, 3.8) is 0 Å². The number of nitrogens with zero attached hydrogens (tertiary/aromatic N) is 3. The summed E-state index contributed by atoms with van der Waals surface area (Å²) in [5.41, 5.74) is 2.80. The van der Waals surface area contributed by atoms with Crippen LogP contribution in [-0.4, -0.2) is 35.4 Å². The number of hydrogen-bond donors (Lipinski definition) is 0. The molecule has 6 nitrogen and oxygen atoms in total. The Kier molecular flexibility index (Phi) is 4.37. The quantitative estimate of drug-likeness (QED) is 0.669. The minimum atomic E-state index is -3.56. The Bertz CT molecular complexity index is 1210. The monoisotopic (exact) mass is 407 g/mol. The lowest BCUT2D eigenvalue weighted by Crippen LogP contribution is -2.49. The van der Waals surface area contributed by atoms with Crippen LogP contribution in [0.3, 0.4) is 0 Å². The highest BCUT2D eigenvalue weighted by Crippen LogP contribution is 2.41. The van der Waals surface area contributed by atoms with Gasteiger partial charge in [0, 0.05) is 60.8 Å². The molecule has 148 valence electrons. The predicted molar refractivity (Wildman–Crippen MR) is 110 cm³/mol. The van der Waals surface area contributed by atoms with Gasteiger partial charge in [0.25, 0.3) is 5.56 Å². The topological polar surface area (TPSA) is 72.3 Å². The highest BCUT2D eigenvalue weighted by Gasteiger charge is 2.40. The molecule has 0 saturated carbocycles. The smallest absolute Gasteiger partial charge is 0.250 e. The number of pyridine rings is 2. The zero-order chi connectivity index (χ0) is 20.0. The fourth-order valence-electron chi connectivity index (χ4n) is 4.68. The summed E-state index contributed by atoms with van der Waals surface area (Å²) < 4.78 is 29.8. The molecule has 4 heterocycles. The number of aromatic nitrogens is 2. The van der Waals surface area contributed by atoms with E-state index in [1.165, 1.54) is 0 Å². The Hall–Kier alpha value is -2.77. The molecule has 0 spiro atoms. The highest BCUT2D eigenvalue weighted by atomic mass is 32.2. The second kappa shape index (κ2) is 6.93. The molecular weight excluding hydrogens is 386 g/mol. The summed E-state index contributed by atoms with van der Waals surface area (Å²) in [7, 11) is -3.56. The Labute approximate surface area is 169 Å². The summed E-state index contributed by atoms with van der Waals surface area (Å²) in [6.07, 6.45) is 4.39. The van der Waals surface area contributed by atoms with E-state index >= 15 is 0 Å². The molecule has 0 amide bonds. The molecule has 5 rings (SSSR count). The van der Waals surface area contributed by atoms with Crippen molar-refractivity contribution >= 4 is 10.0 Å². The van der Waals surface area contributed by atoms with E-state index in [0.29, 0.717) is 24.5 Å². The maximum atomic E-state index is 13.2. The van der Waals surface area contributed by atoms with Crippen molar-refractivity contribution in [3.8, 4) is 11.1 Å². The first-order valence-electron chi connectivity index (χ1n) is 9.73. The SMILES string of the molecule is O=c1ccc(-c2cccnc2)c2n1C[C@@H]1C[C@@H]2CN(S(=O)(=O)c2ccccc2)C1. The first-order chi connectivity index (χ1) is 14.0. The van der Waals surface area contributed by atoms with Crippen LogP contribution in [0.25, 0.3) is 11.1 Å². The van der Waals surface area contributed by atoms with Crippen molar-refractivity contribution in [2.24, 2.45) is 5.92 Å². The largest absolute Gasteiger partial charge is 0.311 e. The normalized spacial score (nSPS) is 21.5. The van der Waals surface area contributed by atoms with Crippen LogP contribution in [0, 0.1) is 5.92 Å². The second-order valence-corrected chi connectivity index (χ2v) is 9.69. The van der Waals surface area contributed by atoms with Gasteiger partial charge in [-0.3, -0.25) is 9.78 Å². The maximum Gasteiger partial charge on any atom is 0.250 e. The fourth-order valence-corrected chi connectivity index (χ4v) is 6.26. The maximum absolute atomic E-state index is 13.2. The Balaban J connectivity index is 1.59. The molecule has 2 aliphatic rings. The summed E-state index contributed by atoms with van der Waals surface area (Å²) in [6.45, 7) is 1.36. The summed E-state index contributed by atoms with van der Waals surface area (Å²) in [5.74, 6) is 0.103. The van der Waals surface area contributed by atoms with Crippen LogP contribution in [0.1, 0.15) is 18.0 Å². The van der Waals surface area contributed by atoms with E-state index < -0.39 is 10.0 Å². The molecule has 3 aromatic rings. The zero-order valence-corrected chi connectivity index (χ0v) is 16.6. The van der Waals surface area contributed by atoms with Crippen molar-refractivity contribution in [1.29, 1.82) is 0 Å². The standard InChI is InChI=1S/C22H21N3O3S/c26-21-9-8-20(17-5-4-10-23-12-17)22-18-11-16(14-25(21)22)13-24(15-18)29(27,28)19-6-2-1-3-7-19/h1-10,12,16,18H,11,13-15H2/t16-,18-/m1/s1. The van der Waals surface area contributed by atoms with Gasteiger partial charge in [0.1, 0.15) is 0 Å². The molecular formula is C22H21N3O3S. The van der Waals surface area contributed by atoms with Crippen molar-refractivity contribution in [1.82, 2.24) is 13.9 Å². The Morgan fingerprint density at radius 3 is 2.52 bits per heavy atom. The minimum absolute atomic E-state index is 0.0231. The van der Waals surface area contributed by atoms with E-state index in [1.54, 1.807) is 47.0 Å². The van der Waals surface area contributed by atoms with Crippen LogP contribution in [0.2, 0.25) is 0 Å². The highest BCUT2D eigenvalue weighted by molar-refractivity contribution is 7.89. The third-order valence-electron chi connectivity index (χ3n) is 5.91. The number of piperidine rings is 1. The van der Waals surface area contributed by atoms with E-state index in [-0.39, 0.29) is 17.4 Å². The number of rotatable bonds is 3. The molecule has 2 bridgehead atoms. The Morgan fingerprint density at radius 1 is 0.931 bits per heavy atom. The molecule has 7 heteroatoms. The molecule has 0 unspecified atom stereocenters. The van der Waals surface area contributed by atoms with Crippen molar-refractivity contribution in [2.75, 3.05) is 13.1 Å². The van der Waals surface area contributed by atoms with Crippen molar-refractivity contribution in [2.45, 2.75) is 23.8 Å². The second-order valence-electron chi connectivity index (χ2n) is 7.76. The average molecular weight is 407 g/mol. The zero-order valence-electron chi connectivity index (χ0n) is 15.8. The van der Waals surface area contributed by atoms with Crippen molar-refractivity contribution in [3.05, 3.63) is 83.0 Å². The molecule has 2 atom stereocenters. The van der Waals surface area contributed by atoms with Crippen LogP contribution in [0.5, 0.6) is 0 Å². The molecule has 29 heavy (non-hydrogen) atoms. The molecule has 2 aromatic heterocycles. The predicted octanol–water partition coefficient (Wildman–Crippen LogP) is 2.72. The fraction of sp³-hybridized carbons (Fsp3) is 0.273. The lowest BCUT2D eigenvalue weighted by Gasteiger charge is -2.42. The van der Waals surface area contributed by atoms with Gasteiger partial charge in [0.2, 0.25) is 10.0 Å². The van der Waals surface area contributed by atoms with Gasteiger partial charge in [-0.1, -0.05) is 24.3 Å². The first-order valence-corrected chi connectivity index (χ1v) is 11.2. The third-order valence-corrected chi connectivity index (χ3v) is 7.76. The van der Waals surface area contributed by atoms with E-state index in [1.807, 2.05) is 28.8 Å². The molecule has 1 saturated heterocycles. The lowest BCUT2D eigenvalue weighted by atomic mass is 9.81. The van der Waals surface area contributed by atoms with Crippen LogP contribution >= 0.6 is 0 Å². The van der Waals surface area contributed by atoms with E-state index in [4.69, 9.17) is 0 Å². The van der Waals surface area contributed by atoms with E-state index in [0.717, 1.165) is 23.2 Å². The van der Waals surface area contributed by atoms with Gasteiger partial charge in [-0.25, -0.2) is 8.42 Å². The van der Waals surface area contributed by atoms with Gasteiger partial charge < -0.3 is 4.57 Å². The van der Waals surface area contributed by atoms with Crippen LogP contribution < -0.4 is 5.56 Å². The summed E-state index contributed by atoms with van der Waals surface area (Å²) in [6, 6.07) is 15.9. The molecule has 1 aromatic carbocycles. The van der Waals surface area contributed by atoms with Crippen molar-refractivity contribution < 1.29 is 8.42 Å². The van der Waals surface area contributed by atoms with Gasteiger partial charge in [-0.05, 0) is 36.6 Å². The Morgan fingerprint density at radius 2 is 1.76 bits per heavy atom. The number of hydrogen-bond acceptors (Lipinski definition) is 4. The van der Waals surface area contributed by atoms with Gasteiger partial charge >= 0.3 is 0 Å². The molecule has 2 aliphatic heterocycles. The van der Waals surface area contributed by atoms with Crippen LogP contribution in [0.4, 0.5) is 0 Å². The molecule has 0 radical (unpaired) electrons. The summed E-state index contributed by atoms with van der Waals surface area (Å²) in [4.78, 5) is 17.1. The number of benzene rings is 1. The average Bonchev–Trinajstić information content (AvgIpc) is 2.75. The van der Waals surface area contributed by atoms with E-state index in [2.05, 4.69) is 4.98 Å². The van der Waals surface area contributed by atoms with E-state index in [9.17, 15) is 13.2 Å². The summed E-state index contributed by atoms with van der Waals surface area (Å²) in [5, 5.41) is 0. The lowest BCUT2D eigenvalue weighted by molar-refractivity contribution is 0.187. The molecule has 0 aliphatic carbocycles. The van der Waals surface area contributed by atoms with Crippen LogP contribution in [-0.2, 0) is 16.6 Å². The van der Waals surface area contributed by atoms with Gasteiger partial charge in [0.05, 0.1) is 4.90 Å². The third kappa shape index (κ3) is 3.10. The van der Waals surface area contributed by atoms with Gasteiger partial charge in [-0.2, -0.15) is 4.31 Å². The number of fused-ring (bicyclic) bond motifs is 4. The van der Waals surface area contributed by atoms with Gasteiger partial charge in [0.15, 0.2) is 0 Å². The van der Waals surface area contributed by atoms with Crippen LogP contribution in [0.15, 0.2) is 76.7 Å². The first kappa shape index (κ1) is 18.3. The molecule has 0 N–H and O–H groups in total. The minimum Gasteiger partial charge on any atom is -0.311 e. The van der Waals surface area contributed by atoms with Gasteiger partial charge in [-0.15, -0.1) is 0 Å².